The number of amides is 2. The van der Waals surface area contributed by atoms with Crippen LogP contribution in [0.2, 0.25) is 0 Å². The van der Waals surface area contributed by atoms with Crippen molar-refractivity contribution < 1.29 is 23.9 Å². The molecule has 3 rings (SSSR count). The van der Waals surface area contributed by atoms with Crippen molar-refractivity contribution in [1.29, 1.82) is 0 Å². The van der Waals surface area contributed by atoms with Crippen LogP contribution in [0.3, 0.4) is 0 Å². The Bertz CT molecular complexity index is 1080. The Morgan fingerprint density at radius 3 is 2.30 bits per heavy atom. The summed E-state index contributed by atoms with van der Waals surface area (Å²) in [7, 11) is 0. The maximum Gasteiger partial charge on any atom is 0.358 e. The van der Waals surface area contributed by atoms with Gasteiger partial charge in [0.25, 0.3) is 5.91 Å². The van der Waals surface area contributed by atoms with Crippen molar-refractivity contribution in [2.45, 2.75) is 6.92 Å². The van der Waals surface area contributed by atoms with Crippen LogP contribution in [0.15, 0.2) is 60.0 Å². The molecule has 0 fully saturated rings. The highest BCUT2D eigenvalue weighted by molar-refractivity contribution is 7.14. The predicted molar refractivity (Wildman–Crippen MR) is 112 cm³/mol. The molecular weight excluding hydrogens is 406 g/mol. The third-order valence-corrected chi connectivity index (χ3v) is 4.59. The van der Waals surface area contributed by atoms with Gasteiger partial charge < -0.3 is 15.4 Å². The van der Waals surface area contributed by atoms with Crippen molar-refractivity contribution in [3.8, 4) is 0 Å². The summed E-state index contributed by atoms with van der Waals surface area (Å²) >= 11 is 1.08. The van der Waals surface area contributed by atoms with Gasteiger partial charge in [-0.25, -0.2) is 9.78 Å². The Morgan fingerprint density at radius 2 is 1.63 bits per heavy atom. The van der Waals surface area contributed by atoms with E-state index in [9.17, 15) is 19.2 Å². The van der Waals surface area contributed by atoms with E-state index in [-0.39, 0.29) is 22.6 Å². The number of aromatic nitrogens is 1. The average Bonchev–Trinajstić information content (AvgIpc) is 3.20. The number of esters is 1. The van der Waals surface area contributed by atoms with Gasteiger partial charge in [0, 0.05) is 29.1 Å². The number of nitrogens with one attached hydrogen (secondary N) is 2. The third kappa shape index (κ3) is 5.58. The van der Waals surface area contributed by atoms with Gasteiger partial charge in [-0.15, -0.1) is 11.3 Å². The standard InChI is InChI=1S/C21H17N3O5S/c1-13(25)22-21-24-17(12-30-21)20(28)29-11-18(26)14-7-9-16(10-8-14)23-19(27)15-5-3-2-4-6-15/h2-10,12H,11H2,1H3,(H,23,27)(H,22,24,25). The van der Waals surface area contributed by atoms with Crippen LogP contribution in [0.4, 0.5) is 10.8 Å². The van der Waals surface area contributed by atoms with Gasteiger partial charge >= 0.3 is 5.97 Å². The Hall–Kier alpha value is -3.85. The molecule has 0 aliphatic carbocycles. The van der Waals surface area contributed by atoms with E-state index in [0.29, 0.717) is 16.8 Å². The van der Waals surface area contributed by atoms with Crippen LogP contribution < -0.4 is 10.6 Å². The van der Waals surface area contributed by atoms with Gasteiger partial charge in [-0.2, -0.15) is 0 Å². The number of carbonyl (C=O) groups is 4. The molecule has 0 radical (unpaired) electrons. The first-order valence-electron chi connectivity index (χ1n) is 8.82. The van der Waals surface area contributed by atoms with E-state index < -0.39 is 18.4 Å². The van der Waals surface area contributed by atoms with Crippen molar-refractivity contribution in [2.24, 2.45) is 0 Å². The first-order valence-corrected chi connectivity index (χ1v) is 9.70. The second-order valence-corrected chi connectivity index (χ2v) is 6.97. The third-order valence-electron chi connectivity index (χ3n) is 3.83. The molecule has 0 saturated carbocycles. The molecule has 152 valence electrons. The molecule has 3 aromatic rings. The number of thiazole rings is 1. The Labute approximate surface area is 175 Å². The largest absolute Gasteiger partial charge is 0.453 e. The van der Waals surface area contributed by atoms with Crippen molar-refractivity contribution in [1.82, 2.24) is 4.98 Å². The van der Waals surface area contributed by atoms with Crippen LogP contribution in [0.1, 0.15) is 38.1 Å². The molecule has 1 aromatic heterocycles. The van der Waals surface area contributed by atoms with E-state index >= 15 is 0 Å². The Kier molecular flexibility index (Phi) is 6.66. The summed E-state index contributed by atoms with van der Waals surface area (Å²) in [6.45, 7) is 0.873. The molecule has 30 heavy (non-hydrogen) atoms. The monoisotopic (exact) mass is 423 g/mol. The van der Waals surface area contributed by atoms with Crippen LogP contribution in [-0.2, 0) is 9.53 Å². The van der Waals surface area contributed by atoms with Crippen LogP contribution in [0.5, 0.6) is 0 Å². The highest BCUT2D eigenvalue weighted by Gasteiger charge is 2.16. The molecule has 0 atom stereocenters. The summed E-state index contributed by atoms with van der Waals surface area (Å²) in [5, 5.41) is 6.91. The fourth-order valence-electron chi connectivity index (χ4n) is 2.40. The first-order chi connectivity index (χ1) is 14.4. The van der Waals surface area contributed by atoms with Crippen LogP contribution >= 0.6 is 11.3 Å². The number of hydrogen-bond acceptors (Lipinski definition) is 7. The minimum absolute atomic E-state index is 0.00974. The molecule has 0 aliphatic rings. The molecule has 0 bridgehead atoms. The maximum absolute atomic E-state index is 12.2. The van der Waals surface area contributed by atoms with Crippen molar-refractivity contribution in [3.63, 3.8) is 0 Å². The fourth-order valence-corrected chi connectivity index (χ4v) is 3.12. The highest BCUT2D eigenvalue weighted by Crippen LogP contribution is 2.16. The molecule has 9 heteroatoms. The number of Topliss-reactive ketones (excluding diaryl/α,β-unsaturated/α-hetero) is 1. The maximum atomic E-state index is 12.2. The molecule has 2 N–H and O–H groups in total. The van der Waals surface area contributed by atoms with Crippen LogP contribution in [0, 0.1) is 0 Å². The van der Waals surface area contributed by atoms with E-state index in [4.69, 9.17) is 4.74 Å². The zero-order valence-corrected chi connectivity index (χ0v) is 16.7. The molecule has 1 heterocycles. The van der Waals surface area contributed by atoms with Gasteiger partial charge in [0.15, 0.2) is 23.2 Å². The molecule has 8 nitrogen and oxygen atoms in total. The number of carbonyl (C=O) groups excluding carboxylic acids is 4. The molecule has 0 saturated heterocycles. The highest BCUT2D eigenvalue weighted by atomic mass is 32.1. The summed E-state index contributed by atoms with van der Waals surface area (Å²) in [4.78, 5) is 51.3. The van der Waals surface area contributed by atoms with Crippen LogP contribution in [-0.4, -0.2) is 35.2 Å². The number of nitrogens with zero attached hydrogens (tertiary/aromatic N) is 1. The molecule has 2 amide bonds. The lowest BCUT2D eigenvalue weighted by atomic mass is 10.1. The summed E-state index contributed by atoms with van der Waals surface area (Å²) in [6, 6.07) is 15.0. The van der Waals surface area contributed by atoms with Gasteiger partial charge in [-0.1, -0.05) is 18.2 Å². The van der Waals surface area contributed by atoms with E-state index in [1.807, 2.05) is 6.07 Å². The summed E-state index contributed by atoms with van der Waals surface area (Å²) in [5.74, 6) is -1.72. The molecule has 0 aliphatic heterocycles. The lowest BCUT2D eigenvalue weighted by Gasteiger charge is -2.07. The molecule has 0 spiro atoms. The van der Waals surface area contributed by atoms with E-state index in [1.54, 1.807) is 36.4 Å². The lowest BCUT2D eigenvalue weighted by molar-refractivity contribution is -0.114. The predicted octanol–water partition coefficient (Wildman–Crippen LogP) is 3.39. The van der Waals surface area contributed by atoms with Crippen molar-refractivity contribution >= 4 is 45.7 Å². The summed E-state index contributed by atoms with van der Waals surface area (Å²) in [6.07, 6.45) is 0. The second kappa shape index (κ2) is 9.57. The second-order valence-electron chi connectivity index (χ2n) is 6.12. The minimum Gasteiger partial charge on any atom is -0.453 e. The first kappa shape index (κ1) is 20.9. The van der Waals surface area contributed by atoms with E-state index in [1.165, 1.54) is 24.4 Å². The normalized spacial score (nSPS) is 10.2. The van der Waals surface area contributed by atoms with Gasteiger partial charge in [-0.05, 0) is 36.4 Å². The molecule has 2 aromatic carbocycles. The SMILES string of the molecule is CC(=O)Nc1nc(C(=O)OCC(=O)c2ccc(NC(=O)c3ccccc3)cc2)cs1. The summed E-state index contributed by atoms with van der Waals surface area (Å²) in [5.41, 5.74) is 1.40. The number of hydrogen-bond donors (Lipinski definition) is 2. The van der Waals surface area contributed by atoms with Crippen molar-refractivity contribution in [3.05, 3.63) is 76.8 Å². The van der Waals surface area contributed by atoms with E-state index in [2.05, 4.69) is 15.6 Å². The Balaban J connectivity index is 1.53. The summed E-state index contributed by atoms with van der Waals surface area (Å²) < 4.78 is 4.99. The zero-order valence-electron chi connectivity index (χ0n) is 15.9. The lowest BCUT2D eigenvalue weighted by Crippen LogP contribution is -2.15. The smallest absolute Gasteiger partial charge is 0.358 e. The topological polar surface area (TPSA) is 114 Å². The Morgan fingerprint density at radius 1 is 0.933 bits per heavy atom. The van der Waals surface area contributed by atoms with Gasteiger partial charge in [0.05, 0.1) is 0 Å². The quantitative estimate of drug-likeness (QED) is 0.445. The average molecular weight is 423 g/mol. The van der Waals surface area contributed by atoms with Crippen LogP contribution in [0.25, 0.3) is 0 Å². The fraction of sp³-hybridized carbons (Fsp3) is 0.0952. The number of ketones is 1. The van der Waals surface area contributed by atoms with E-state index in [0.717, 1.165) is 11.3 Å². The molecular formula is C21H17N3O5S. The number of rotatable bonds is 7. The van der Waals surface area contributed by atoms with Gasteiger partial charge in [-0.3, -0.25) is 14.4 Å². The molecule has 0 unspecified atom stereocenters. The van der Waals surface area contributed by atoms with Gasteiger partial charge in [0.2, 0.25) is 5.91 Å². The van der Waals surface area contributed by atoms with Crippen molar-refractivity contribution in [2.75, 3.05) is 17.2 Å². The zero-order chi connectivity index (χ0) is 21.5. The minimum atomic E-state index is -0.761. The number of anilines is 2. The number of ether oxygens (including phenoxy) is 1. The number of benzene rings is 2. The van der Waals surface area contributed by atoms with Gasteiger partial charge in [0.1, 0.15) is 0 Å².